The second kappa shape index (κ2) is 9.55. The summed E-state index contributed by atoms with van der Waals surface area (Å²) in [7, 11) is 0. The fourth-order valence-corrected chi connectivity index (χ4v) is 9.07. The predicted molar refractivity (Wildman–Crippen MR) is 156 cm³/mol. The van der Waals surface area contributed by atoms with Gasteiger partial charge in [0.2, 0.25) is 5.78 Å². The maximum atomic E-state index is 14.5. The Balaban J connectivity index is 1.79. The third kappa shape index (κ3) is 3.90. The number of fused-ring (bicyclic) bond motifs is 3. The summed E-state index contributed by atoms with van der Waals surface area (Å²) < 4.78 is 0. The molecule has 4 aliphatic carbocycles. The van der Waals surface area contributed by atoms with E-state index in [-0.39, 0.29) is 35.1 Å². The standard InChI is InChI=1S/C34H44O7/c1-16(2)21-13-20(12-19-10-8-9-11-19)27(36)24-22(21)14-32(6)15-33(7)25(17(3)4)28(37)23(18(5)35)30(39)34(33,41)31(40)26(32)29(24)38/h13,16-17,19,25,36,38-39,41H,8-12,14-15H2,1-7H3/t25?,32-,33-,34+/m1/s1. The monoisotopic (exact) mass is 564 g/mol. The van der Waals surface area contributed by atoms with Crippen LogP contribution in [0.15, 0.2) is 23.0 Å². The van der Waals surface area contributed by atoms with Crippen LogP contribution in [-0.2, 0) is 27.2 Å². The molecule has 0 aliphatic heterocycles. The van der Waals surface area contributed by atoms with E-state index in [0.29, 0.717) is 18.8 Å². The van der Waals surface area contributed by atoms with E-state index in [2.05, 4.69) is 19.9 Å². The summed E-state index contributed by atoms with van der Waals surface area (Å²) in [5.41, 5.74) is -2.93. The molecule has 5 rings (SSSR count). The Morgan fingerprint density at radius 3 is 2.20 bits per heavy atom. The van der Waals surface area contributed by atoms with Crippen LogP contribution in [0, 0.1) is 28.6 Å². The maximum Gasteiger partial charge on any atom is 0.203 e. The lowest BCUT2D eigenvalue weighted by Gasteiger charge is -2.60. The summed E-state index contributed by atoms with van der Waals surface area (Å²) in [5.74, 6) is -4.32. The lowest BCUT2D eigenvalue weighted by atomic mass is 9.43. The first-order chi connectivity index (χ1) is 19.0. The molecule has 0 radical (unpaired) electrons. The number of aromatic hydroxyl groups is 1. The molecule has 0 aromatic heterocycles. The number of aliphatic hydroxyl groups excluding tert-OH is 2. The van der Waals surface area contributed by atoms with Crippen molar-refractivity contribution in [3.05, 3.63) is 45.2 Å². The fourth-order valence-electron chi connectivity index (χ4n) is 9.07. The van der Waals surface area contributed by atoms with E-state index < -0.39 is 56.8 Å². The van der Waals surface area contributed by atoms with Crippen molar-refractivity contribution in [3.63, 3.8) is 0 Å². The van der Waals surface area contributed by atoms with Gasteiger partial charge in [0.25, 0.3) is 0 Å². The highest BCUT2D eigenvalue weighted by Gasteiger charge is 2.72. The van der Waals surface area contributed by atoms with Crippen LogP contribution in [-0.4, -0.2) is 43.4 Å². The molecule has 2 saturated carbocycles. The number of carbonyl (C=O) groups is 3. The van der Waals surface area contributed by atoms with Crippen LogP contribution in [0.5, 0.6) is 5.75 Å². The lowest BCUT2D eigenvalue weighted by Crippen LogP contribution is -2.69. The first kappa shape index (κ1) is 29.6. The number of hydrogen-bond donors (Lipinski definition) is 4. The Bertz CT molecular complexity index is 1420. The van der Waals surface area contributed by atoms with Gasteiger partial charge >= 0.3 is 0 Å². The number of ketones is 3. The first-order valence-corrected chi connectivity index (χ1v) is 15.1. The van der Waals surface area contributed by atoms with Crippen molar-refractivity contribution in [2.75, 3.05) is 0 Å². The summed E-state index contributed by atoms with van der Waals surface area (Å²) in [6.45, 7) is 12.4. The van der Waals surface area contributed by atoms with Crippen LogP contribution in [0.25, 0.3) is 5.76 Å². The van der Waals surface area contributed by atoms with Gasteiger partial charge in [0, 0.05) is 22.3 Å². The second-order valence-corrected chi connectivity index (χ2v) is 14.3. The summed E-state index contributed by atoms with van der Waals surface area (Å²) >= 11 is 0. The molecular formula is C34H44O7. The molecule has 1 aromatic carbocycles. The molecule has 0 spiro atoms. The summed E-state index contributed by atoms with van der Waals surface area (Å²) in [6.07, 6.45) is 5.58. The molecule has 0 saturated heterocycles. The van der Waals surface area contributed by atoms with E-state index in [1.54, 1.807) is 20.8 Å². The Kier molecular flexibility index (Phi) is 6.88. The summed E-state index contributed by atoms with van der Waals surface area (Å²) in [5, 5.41) is 47.1. The highest BCUT2D eigenvalue weighted by Crippen LogP contribution is 2.65. The number of aliphatic hydroxyl groups is 3. The summed E-state index contributed by atoms with van der Waals surface area (Å²) in [4.78, 5) is 40.8. The lowest BCUT2D eigenvalue weighted by molar-refractivity contribution is -0.178. The minimum Gasteiger partial charge on any atom is -0.508 e. The van der Waals surface area contributed by atoms with E-state index in [0.717, 1.165) is 49.3 Å². The number of allylic oxidation sites excluding steroid dienone is 1. The third-order valence-electron chi connectivity index (χ3n) is 10.7. The highest BCUT2D eigenvalue weighted by molar-refractivity contribution is 6.24. The van der Waals surface area contributed by atoms with Gasteiger partial charge in [-0.2, -0.15) is 0 Å². The van der Waals surface area contributed by atoms with Gasteiger partial charge in [-0.15, -0.1) is 0 Å². The normalized spacial score (nSPS) is 32.1. The molecule has 4 aliphatic rings. The Labute approximate surface area is 242 Å². The molecule has 0 heterocycles. The van der Waals surface area contributed by atoms with Crippen molar-refractivity contribution in [2.45, 2.75) is 105 Å². The van der Waals surface area contributed by atoms with Crippen molar-refractivity contribution in [2.24, 2.45) is 28.6 Å². The van der Waals surface area contributed by atoms with Gasteiger partial charge in [-0.25, -0.2) is 0 Å². The topological polar surface area (TPSA) is 132 Å². The van der Waals surface area contributed by atoms with Crippen LogP contribution < -0.4 is 0 Å². The van der Waals surface area contributed by atoms with Crippen LogP contribution in [0.2, 0.25) is 0 Å². The van der Waals surface area contributed by atoms with Gasteiger partial charge < -0.3 is 20.4 Å². The van der Waals surface area contributed by atoms with Crippen molar-refractivity contribution in [3.8, 4) is 5.75 Å². The molecule has 1 unspecified atom stereocenters. The van der Waals surface area contributed by atoms with E-state index >= 15 is 0 Å². The minimum atomic E-state index is -2.59. The van der Waals surface area contributed by atoms with Crippen LogP contribution >= 0.6 is 0 Å². The SMILES string of the molecule is CC(=O)C1=C(O)[C@]2(O)C(=O)C3=C(O)c4c(O)c(CC5CCCC5)cc(C(C)C)c4C[C@]3(C)C[C@]2(C)C(C(C)C)C1=O. The molecule has 0 bridgehead atoms. The zero-order valence-electron chi connectivity index (χ0n) is 25.4. The van der Waals surface area contributed by atoms with Crippen molar-refractivity contribution in [1.29, 1.82) is 0 Å². The molecule has 4 N–H and O–H groups in total. The average molecular weight is 565 g/mol. The molecule has 222 valence electrons. The predicted octanol–water partition coefficient (Wildman–Crippen LogP) is 6.05. The van der Waals surface area contributed by atoms with Gasteiger partial charge in [0.05, 0.1) is 5.56 Å². The maximum absolute atomic E-state index is 14.5. The van der Waals surface area contributed by atoms with Gasteiger partial charge in [0.15, 0.2) is 17.2 Å². The van der Waals surface area contributed by atoms with Crippen molar-refractivity contribution < 1.29 is 34.8 Å². The highest BCUT2D eigenvalue weighted by atomic mass is 16.3. The number of rotatable bonds is 5. The zero-order valence-corrected chi connectivity index (χ0v) is 25.4. The molecule has 7 heteroatoms. The molecular weight excluding hydrogens is 520 g/mol. The first-order valence-electron chi connectivity index (χ1n) is 15.1. The second-order valence-electron chi connectivity index (χ2n) is 14.3. The van der Waals surface area contributed by atoms with Crippen LogP contribution in [0.1, 0.15) is 109 Å². The Morgan fingerprint density at radius 1 is 1.05 bits per heavy atom. The molecule has 1 aromatic rings. The molecule has 0 amide bonds. The average Bonchev–Trinajstić information content (AvgIpc) is 3.35. The fraction of sp³-hybridized carbons (Fsp3) is 0.618. The molecule has 7 nitrogen and oxygen atoms in total. The number of benzene rings is 1. The minimum absolute atomic E-state index is 0.0421. The zero-order chi connectivity index (χ0) is 30.4. The number of phenols is 1. The number of phenolic OH excluding ortho intramolecular Hbond substituents is 1. The Morgan fingerprint density at radius 2 is 1.66 bits per heavy atom. The van der Waals surface area contributed by atoms with Gasteiger partial charge in [-0.05, 0) is 60.6 Å². The number of hydrogen-bond acceptors (Lipinski definition) is 7. The Hall–Kier alpha value is -2.93. The summed E-state index contributed by atoms with van der Waals surface area (Å²) in [6, 6.07) is 2.05. The van der Waals surface area contributed by atoms with Crippen molar-refractivity contribution >= 4 is 23.1 Å². The van der Waals surface area contributed by atoms with Gasteiger partial charge in [-0.1, -0.05) is 73.3 Å². The third-order valence-corrected chi connectivity index (χ3v) is 10.7. The van der Waals surface area contributed by atoms with Crippen LogP contribution in [0.3, 0.4) is 0 Å². The number of carbonyl (C=O) groups excluding carboxylic acids is 3. The molecule has 4 atom stereocenters. The van der Waals surface area contributed by atoms with Gasteiger partial charge in [0.1, 0.15) is 22.8 Å². The quantitative estimate of drug-likeness (QED) is 0.320. The van der Waals surface area contributed by atoms with E-state index in [1.165, 1.54) is 0 Å². The van der Waals surface area contributed by atoms with E-state index in [1.807, 2.05) is 6.92 Å². The smallest absolute Gasteiger partial charge is 0.203 e. The van der Waals surface area contributed by atoms with Crippen molar-refractivity contribution in [1.82, 2.24) is 0 Å². The number of Topliss-reactive ketones (excluding diaryl/α,β-unsaturated/α-hetero) is 3. The van der Waals surface area contributed by atoms with Crippen LogP contribution in [0.4, 0.5) is 0 Å². The van der Waals surface area contributed by atoms with E-state index in [9.17, 15) is 34.8 Å². The van der Waals surface area contributed by atoms with E-state index in [4.69, 9.17) is 0 Å². The molecule has 2 fully saturated rings. The molecule has 41 heavy (non-hydrogen) atoms. The largest absolute Gasteiger partial charge is 0.508 e. The van der Waals surface area contributed by atoms with Gasteiger partial charge in [-0.3, -0.25) is 14.4 Å².